The van der Waals surface area contributed by atoms with Crippen LogP contribution < -0.4 is 31.9 Å². The molecule has 15 nitrogen and oxygen atoms in total. The van der Waals surface area contributed by atoms with Crippen LogP contribution in [0, 0.1) is 24.2 Å². The number of aliphatic hydroxyl groups is 1. The molecule has 0 spiro atoms. The van der Waals surface area contributed by atoms with E-state index >= 15 is 0 Å². The molecule has 3 rings (SSSR count). The molecule has 0 unspecified atom stereocenters. The number of benzene rings is 2. The van der Waals surface area contributed by atoms with E-state index in [-0.39, 0.29) is 58.1 Å². The van der Waals surface area contributed by atoms with E-state index in [1.807, 2.05) is 6.92 Å². The number of aromatic hydroxyl groups is 1. The maximum absolute atomic E-state index is 14.5. The lowest BCUT2D eigenvalue weighted by atomic mass is 9.93. The molecular formula is C46H64Cl3N7O8. The van der Waals surface area contributed by atoms with Gasteiger partial charge in [0.25, 0.3) is 5.91 Å². The number of rotatable bonds is 26. The van der Waals surface area contributed by atoms with E-state index in [9.17, 15) is 39.0 Å². The average molecular weight is 949 g/mol. The van der Waals surface area contributed by atoms with Gasteiger partial charge in [-0.25, -0.2) is 0 Å². The molecule has 0 heterocycles. The number of phenols is 1. The summed E-state index contributed by atoms with van der Waals surface area (Å²) in [6.07, 6.45) is 10.4. The van der Waals surface area contributed by atoms with Crippen LogP contribution in [0.15, 0.2) is 36.4 Å². The normalized spacial score (nSPS) is 15.4. The largest absolute Gasteiger partial charge is 0.506 e. The highest BCUT2D eigenvalue weighted by Gasteiger charge is 2.38. The quantitative estimate of drug-likeness (QED) is 0.0491. The van der Waals surface area contributed by atoms with Crippen molar-refractivity contribution >= 4 is 70.2 Å². The van der Waals surface area contributed by atoms with Gasteiger partial charge in [-0.1, -0.05) is 93.7 Å². The van der Waals surface area contributed by atoms with Crippen LogP contribution in [0.5, 0.6) is 5.75 Å². The van der Waals surface area contributed by atoms with Gasteiger partial charge in [-0.3, -0.25) is 28.8 Å². The van der Waals surface area contributed by atoms with Gasteiger partial charge in [-0.05, 0) is 112 Å². The Hall–Kier alpha value is -4.59. The van der Waals surface area contributed by atoms with Crippen molar-refractivity contribution in [3.05, 3.63) is 62.6 Å². The Bertz CT molecular complexity index is 1920. The highest BCUT2D eigenvalue weighted by Crippen LogP contribution is 2.29. The van der Waals surface area contributed by atoms with Crippen molar-refractivity contribution in [3.63, 3.8) is 0 Å². The molecule has 18 heteroatoms. The summed E-state index contributed by atoms with van der Waals surface area (Å²) in [4.78, 5) is 85.2. The Morgan fingerprint density at radius 3 is 2.00 bits per heavy atom. The third-order valence-corrected chi connectivity index (χ3v) is 12.4. The van der Waals surface area contributed by atoms with Crippen molar-refractivity contribution in [1.82, 2.24) is 36.8 Å². The fourth-order valence-electron chi connectivity index (χ4n) is 7.58. The highest BCUT2D eigenvalue weighted by molar-refractivity contribution is 6.35. The topological polar surface area (TPSA) is 218 Å². The van der Waals surface area contributed by atoms with Crippen LogP contribution in [0.1, 0.15) is 101 Å². The number of hydrogen-bond acceptors (Lipinski definition) is 9. The van der Waals surface area contributed by atoms with Crippen molar-refractivity contribution in [2.24, 2.45) is 11.8 Å². The predicted octanol–water partition coefficient (Wildman–Crippen LogP) is 4.51. The minimum Gasteiger partial charge on any atom is -0.506 e. The van der Waals surface area contributed by atoms with Gasteiger partial charge in [-0.2, -0.15) is 0 Å². The molecule has 0 radical (unpaired) electrons. The zero-order valence-electron chi connectivity index (χ0n) is 37.1. The van der Waals surface area contributed by atoms with Gasteiger partial charge < -0.3 is 47.0 Å². The summed E-state index contributed by atoms with van der Waals surface area (Å²) in [5.74, 6) is -2.46. The van der Waals surface area contributed by atoms with Crippen LogP contribution in [0.2, 0.25) is 15.1 Å². The van der Waals surface area contributed by atoms with Gasteiger partial charge in [0.15, 0.2) is 0 Å². The molecule has 6 atom stereocenters. The van der Waals surface area contributed by atoms with E-state index in [1.54, 1.807) is 19.1 Å². The van der Waals surface area contributed by atoms with Gasteiger partial charge in [-0.15, -0.1) is 6.42 Å². The van der Waals surface area contributed by atoms with E-state index < -0.39 is 78.2 Å². The molecule has 1 fully saturated rings. The molecule has 1 aliphatic carbocycles. The van der Waals surface area contributed by atoms with Crippen molar-refractivity contribution in [1.29, 1.82) is 0 Å². The van der Waals surface area contributed by atoms with Crippen molar-refractivity contribution in [3.8, 4) is 18.1 Å². The first kappa shape index (κ1) is 53.7. The summed E-state index contributed by atoms with van der Waals surface area (Å²) in [7, 11) is 0. The van der Waals surface area contributed by atoms with E-state index in [4.69, 9.17) is 41.2 Å². The number of unbranched alkanes of at least 4 members (excludes halogenated alkanes) is 1. The fourth-order valence-corrected chi connectivity index (χ4v) is 8.31. The molecule has 2 aromatic rings. The summed E-state index contributed by atoms with van der Waals surface area (Å²) in [5.41, 5.74) is 0.799. The number of phenolic OH excluding ortho intramolecular Hbond substituents is 1. The third-order valence-electron chi connectivity index (χ3n) is 11.6. The SMILES string of the molecule is C#CCNC(=O)[C@H](CO)NC(=O)[C@H](CCCCN(CC)CC)NC(=O)[C@@H](NC(=O)[C@@H](NC(=O)[C@H](CCc1ccc(O)c(Cl)c1)NC(=O)c1cc(Cl)cc(Cl)c1)C1CCCC1)[C@@H](C)CC. The first-order chi connectivity index (χ1) is 30.5. The number of hydrogen-bond donors (Lipinski definition) is 8. The minimum absolute atomic E-state index is 0.0744. The van der Waals surface area contributed by atoms with Crippen LogP contribution in [-0.2, 0) is 30.4 Å². The Kier molecular flexibility index (Phi) is 23.2. The lowest BCUT2D eigenvalue weighted by molar-refractivity contribution is -0.136. The second-order valence-corrected chi connectivity index (χ2v) is 17.4. The number of nitrogens with one attached hydrogen (secondary N) is 6. The first-order valence-electron chi connectivity index (χ1n) is 22.1. The minimum atomic E-state index is -1.33. The van der Waals surface area contributed by atoms with Crippen LogP contribution >= 0.6 is 34.8 Å². The Morgan fingerprint density at radius 2 is 1.41 bits per heavy atom. The Labute approximate surface area is 391 Å². The van der Waals surface area contributed by atoms with Crippen LogP contribution in [-0.4, -0.2) is 114 Å². The number of nitrogens with zero attached hydrogens (tertiary/aromatic N) is 1. The molecule has 2 aromatic carbocycles. The molecule has 0 bridgehead atoms. The van der Waals surface area contributed by atoms with Crippen molar-refractivity contribution in [2.75, 3.05) is 32.8 Å². The molecule has 0 aliphatic heterocycles. The second-order valence-electron chi connectivity index (χ2n) is 16.2. The molecule has 0 saturated heterocycles. The van der Waals surface area contributed by atoms with Crippen LogP contribution in [0.3, 0.4) is 0 Å². The maximum Gasteiger partial charge on any atom is 0.252 e. The number of carbonyl (C=O) groups is 6. The molecule has 0 aromatic heterocycles. The Morgan fingerprint density at radius 1 is 0.781 bits per heavy atom. The summed E-state index contributed by atoms with van der Waals surface area (Å²) >= 11 is 18.5. The van der Waals surface area contributed by atoms with E-state index in [2.05, 4.69) is 56.6 Å². The summed E-state index contributed by atoms with van der Waals surface area (Å²) in [6, 6.07) is 3.07. The fraction of sp³-hybridized carbons (Fsp3) is 0.565. The molecule has 64 heavy (non-hydrogen) atoms. The molecule has 6 amide bonds. The summed E-state index contributed by atoms with van der Waals surface area (Å²) < 4.78 is 0. The van der Waals surface area contributed by atoms with Crippen molar-refractivity contribution in [2.45, 2.75) is 122 Å². The number of amides is 6. The van der Waals surface area contributed by atoms with Crippen LogP contribution in [0.4, 0.5) is 0 Å². The summed E-state index contributed by atoms with van der Waals surface area (Å²) in [6.45, 7) is 9.39. The van der Waals surface area contributed by atoms with Gasteiger partial charge in [0, 0.05) is 15.6 Å². The molecule has 1 saturated carbocycles. The monoisotopic (exact) mass is 947 g/mol. The lowest BCUT2D eigenvalue weighted by Crippen LogP contribution is -2.61. The number of terminal acetylenes is 1. The average Bonchev–Trinajstić information content (AvgIpc) is 3.81. The Balaban J connectivity index is 1.89. The zero-order chi connectivity index (χ0) is 47.3. The second kappa shape index (κ2) is 27.7. The van der Waals surface area contributed by atoms with E-state index in [1.165, 1.54) is 24.3 Å². The van der Waals surface area contributed by atoms with Gasteiger partial charge in [0.05, 0.1) is 18.2 Å². The smallest absolute Gasteiger partial charge is 0.252 e. The molecule has 8 N–H and O–H groups in total. The zero-order valence-corrected chi connectivity index (χ0v) is 39.4. The number of halogens is 3. The number of carbonyl (C=O) groups excluding carboxylic acids is 6. The highest BCUT2D eigenvalue weighted by atomic mass is 35.5. The third kappa shape index (κ3) is 17.1. The van der Waals surface area contributed by atoms with Crippen LogP contribution in [0.25, 0.3) is 0 Å². The predicted molar refractivity (Wildman–Crippen MR) is 249 cm³/mol. The van der Waals surface area contributed by atoms with Crippen molar-refractivity contribution < 1.29 is 39.0 Å². The number of aliphatic hydroxyl groups excluding tert-OH is 1. The van der Waals surface area contributed by atoms with Gasteiger partial charge in [0.2, 0.25) is 29.5 Å². The molecule has 1 aliphatic rings. The molecular weight excluding hydrogens is 885 g/mol. The first-order valence-corrected chi connectivity index (χ1v) is 23.2. The standard InChI is InChI=1S/C46H64Cl3N7O8/c1-6-21-50-42(60)37(27-57)53-43(61)35(16-12-13-22-56(8-3)9-4)52-45(63)39(28(5)7-2)54-46(64)40(30-14-10-11-15-30)55-44(62)36(19-17-29-18-20-38(58)34(49)23-29)51-41(59)31-24-32(47)26-33(48)25-31/h1,18,20,23-26,28,30,35-37,39-40,57-58H,7-17,19,21-22,27H2,2-5H3,(H,50,60)(H,51,59)(H,52,63)(H,53,61)(H,54,64)(H,55,62)/t28-,35-,36-,37-,39-,40-/m0/s1. The lowest BCUT2D eigenvalue weighted by Gasteiger charge is -2.31. The van der Waals surface area contributed by atoms with E-state index in [0.717, 1.165) is 38.9 Å². The summed E-state index contributed by atoms with van der Waals surface area (Å²) in [5, 5.41) is 36.8. The van der Waals surface area contributed by atoms with Gasteiger partial charge >= 0.3 is 0 Å². The van der Waals surface area contributed by atoms with Gasteiger partial charge in [0.1, 0.15) is 36.0 Å². The number of aryl methyl sites for hydroxylation is 1. The maximum atomic E-state index is 14.5. The van der Waals surface area contributed by atoms with E-state index in [0.29, 0.717) is 31.2 Å². The molecule has 352 valence electrons.